The summed E-state index contributed by atoms with van der Waals surface area (Å²) in [4.78, 5) is 0. The van der Waals surface area contributed by atoms with E-state index in [-0.39, 0.29) is 6.29 Å². The minimum atomic E-state index is -0.0312. The molecule has 0 amide bonds. The fraction of sp³-hybridized carbons (Fsp3) is 0.889. The van der Waals surface area contributed by atoms with Gasteiger partial charge in [0.05, 0.1) is 6.26 Å². The highest BCUT2D eigenvalue weighted by atomic mass is 16.7. The van der Waals surface area contributed by atoms with E-state index in [0.29, 0.717) is 13.4 Å². The molecular formula is C18H36O4. The third-order valence-corrected chi connectivity index (χ3v) is 3.21. The first-order chi connectivity index (χ1) is 10.8. The Kier molecular flexibility index (Phi) is 18.0. The van der Waals surface area contributed by atoms with Crippen molar-refractivity contribution in [1.29, 1.82) is 0 Å². The molecule has 0 aromatic rings. The molecule has 0 bridgehead atoms. The summed E-state index contributed by atoms with van der Waals surface area (Å²) in [5.41, 5.74) is 0. The lowest BCUT2D eigenvalue weighted by molar-refractivity contribution is -0.147. The van der Waals surface area contributed by atoms with Gasteiger partial charge in [0.25, 0.3) is 0 Å². The topological polar surface area (TPSA) is 36.9 Å². The molecule has 0 saturated carbocycles. The molecule has 0 fully saturated rings. The summed E-state index contributed by atoms with van der Waals surface area (Å²) in [6.45, 7) is 8.94. The minimum Gasteiger partial charge on any atom is -0.475 e. The molecule has 22 heavy (non-hydrogen) atoms. The minimum absolute atomic E-state index is 0.0312. The maximum atomic E-state index is 5.82. The number of unbranched alkanes of at least 4 members (excludes halogenated alkanes) is 4. The standard InChI is InChI=1S/C18H36O4/c1-4-7-15-21-18(22-16-8-5-2)13-11-9-10-12-14-20-17-19-6-3/h12,14,18H,4-11,13,15-17H2,1-3H3. The van der Waals surface area contributed by atoms with Crippen LogP contribution < -0.4 is 0 Å². The molecule has 0 aromatic heterocycles. The van der Waals surface area contributed by atoms with Gasteiger partial charge in [-0.05, 0) is 51.5 Å². The summed E-state index contributed by atoms with van der Waals surface area (Å²) in [6, 6.07) is 0. The van der Waals surface area contributed by atoms with Crippen LogP contribution in [0.25, 0.3) is 0 Å². The monoisotopic (exact) mass is 316 g/mol. The second-order valence-corrected chi connectivity index (χ2v) is 5.31. The maximum Gasteiger partial charge on any atom is 0.188 e. The first-order valence-electron chi connectivity index (χ1n) is 8.92. The predicted octanol–water partition coefficient (Wildman–Crippen LogP) is 5.03. The van der Waals surface area contributed by atoms with Crippen LogP contribution >= 0.6 is 0 Å². The van der Waals surface area contributed by atoms with Crippen molar-refractivity contribution in [2.75, 3.05) is 26.6 Å². The molecule has 4 heteroatoms. The molecule has 0 radical (unpaired) electrons. The van der Waals surface area contributed by atoms with E-state index in [1.807, 2.05) is 13.0 Å². The van der Waals surface area contributed by atoms with Gasteiger partial charge in [0, 0.05) is 19.8 Å². The Labute approximate surface area is 137 Å². The average molecular weight is 316 g/mol. The highest BCUT2D eigenvalue weighted by molar-refractivity contribution is 4.72. The Hall–Kier alpha value is -0.580. The Morgan fingerprint density at radius 2 is 1.55 bits per heavy atom. The summed E-state index contributed by atoms with van der Waals surface area (Å²) < 4.78 is 21.9. The zero-order chi connectivity index (χ0) is 16.3. The summed E-state index contributed by atoms with van der Waals surface area (Å²) in [5, 5.41) is 0. The van der Waals surface area contributed by atoms with Crippen molar-refractivity contribution in [3.63, 3.8) is 0 Å². The van der Waals surface area contributed by atoms with E-state index in [1.54, 1.807) is 6.26 Å². The van der Waals surface area contributed by atoms with Crippen molar-refractivity contribution >= 4 is 0 Å². The normalized spacial score (nSPS) is 11.6. The van der Waals surface area contributed by atoms with Crippen molar-refractivity contribution in [2.24, 2.45) is 0 Å². The van der Waals surface area contributed by atoms with E-state index in [9.17, 15) is 0 Å². The van der Waals surface area contributed by atoms with E-state index in [1.165, 1.54) is 0 Å². The van der Waals surface area contributed by atoms with Crippen molar-refractivity contribution in [2.45, 2.75) is 78.4 Å². The Morgan fingerprint density at radius 3 is 2.14 bits per heavy atom. The Morgan fingerprint density at radius 1 is 0.864 bits per heavy atom. The summed E-state index contributed by atoms with van der Waals surface area (Å²) in [5.74, 6) is 0. The number of ether oxygens (including phenoxy) is 4. The Bertz CT molecular complexity index is 221. The highest BCUT2D eigenvalue weighted by Gasteiger charge is 2.08. The number of hydrogen-bond donors (Lipinski definition) is 0. The first-order valence-corrected chi connectivity index (χ1v) is 8.92. The second-order valence-electron chi connectivity index (χ2n) is 5.31. The lowest BCUT2D eigenvalue weighted by atomic mass is 10.2. The van der Waals surface area contributed by atoms with Crippen LogP contribution in [0.1, 0.15) is 72.1 Å². The quantitative estimate of drug-likeness (QED) is 0.214. The van der Waals surface area contributed by atoms with Crippen LogP contribution in [0.4, 0.5) is 0 Å². The second kappa shape index (κ2) is 18.5. The van der Waals surface area contributed by atoms with Gasteiger partial charge < -0.3 is 18.9 Å². The van der Waals surface area contributed by atoms with Gasteiger partial charge in [-0.25, -0.2) is 0 Å². The Balaban J connectivity index is 3.63. The molecule has 0 saturated heterocycles. The van der Waals surface area contributed by atoms with Gasteiger partial charge in [0.15, 0.2) is 13.1 Å². The molecule has 0 spiro atoms. The molecule has 0 atom stereocenters. The molecular weight excluding hydrogens is 280 g/mol. The maximum absolute atomic E-state index is 5.82. The van der Waals surface area contributed by atoms with Crippen molar-refractivity contribution in [3.8, 4) is 0 Å². The molecule has 0 aliphatic carbocycles. The SMILES string of the molecule is CCCCOC(CCCCC=COCOCC)OCCCC. The van der Waals surface area contributed by atoms with Crippen LogP contribution in [0.5, 0.6) is 0 Å². The fourth-order valence-electron chi connectivity index (χ4n) is 1.81. The van der Waals surface area contributed by atoms with Gasteiger partial charge in [0.2, 0.25) is 0 Å². The van der Waals surface area contributed by atoms with E-state index in [0.717, 1.165) is 64.6 Å². The van der Waals surface area contributed by atoms with Crippen molar-refractivity contribution in [3.05, 3.63) is 12.3 Å². The van der Waals surface area contributed by atoms with E-state index < -0.39 is 0 Å². The van der Waals surface area contributed by atoms with E-state index in [4.69, 9.17) is 18.9 Å². The molecule has 0 N–H and O–H groups in total. The lowest BCUT2D eigenvalue weighted by Gasteiger charge is -2.18. The first kappa shape index (κ1) is 21.4. The third kappa shape index (κ3) is 15.8. The smallest absolute Gasteiger partial charge is 0.188 e. The van der Waals surface area contributed by atoms with Gasteiger partial charge in [0.1, 0.15) is 0 Å². The van der Waals surface area contributed by atoms with E-state index >= 15 is 0 Å². The van der Waals surface area contributed by atoms with Gasteiger partial charge in [-0.2, -0.15) is 0 Å². The number of hydrogen-bond acceptors (Lipinski definition) is 4. The fourth-order valence-corrected chi connectivity index (χ4v) is 1.81. The molecule has 0 aliphatic rings. The highest BCUT2D eigenvalue weighted by Crippen LogP contribution is 2.10. The van der Waals surface area contributed by atoms with Crippen molar-refractivity contribution in [1.82, 2.24) is 0 Å². The molecule has 0 rings (SSSR count). The van der Waals surface area contributed by atoms with Gasteiger partial charge in [-0.15, -0.1) is 0 Å². The van der Waals surface area contributed by atoms with Gasteiger partial charge in [-0.3, -0.25) is 0 Å². The predicted molar refractivity (Wildman–Crippen MR) is 90.7 cm³/mol. The summed E-state index contributed by atoms with van der Waals surface area (Å²) >= 11 is 0. The third-order valence-electron chi connectivity index (χ3n) is 3.21. The zero-order valence-corrected chi connectivity index (χ0v) is 14.9. The molecule has 0 heterocycles. The largest absolute Gasteiger partial charge is 0.475 e. The van der Waals surface area contributed by atoms with Gasteiger partial charge in [-0.1, -0.05) is 26.7 Å². The number of allylic oxidation sites excluding steroid dienone is 1. The van der Waals surface area contributed by atoms with Crippen LogP contribution in [0.2, 0.25) is 0 Å². The zero-order valence-electron chi connectivity index (χ0n) is 14.9. The summed E-state index contributed by atoms with van der Waals surface area (Å²) in [6.07, 6.45) is 12.5. The summed E-state index contributed by atoms with van der Waals surface area (Å²) in [7, 11) is 0. The number of rotatable bonds is 17. The molecule has 0 unspecified atom stereocenters. The average Bonchev–Trinajstić information content (AvgIpc) is 2.53. The van der Waals surface area contributed by atoms with Crippen LogP contribution in [0.3, 0.4) is 0 Å². The van der Waals surface area contributed by atoms with Crippen LogP contribution in [0.15, 0.2) is 12.3 Å². The molecule has 0 aliphatic heterocycles. The van der Waals surface area contributed by atoms with Crippen molar-refractivity contribution < 1.29 is 18.9 Å². The lowest BCUT2D eigenvalue weighted by Crippen LogP contribution is -2.18. The molecule has 132 valence electrons. The van der Waals surface area contributed by atoms with Crippen LogP contribution in [0, 0.1) is 0 Å². The van der Waals surface area contributed by atoms with E-state index in [2.05, 4.69) is 13.8 Å². The molecule has 4 nitrogen and oxygen atoms in total. The van der Waals surface area contributed by atoms with Gasteiger partial charge >= 0.3 is 0 Å². The van der Waals surface area contributed by atoms with Crippen LogP contribution in [-0.4, -0.2) is 32.9 Å². The molecule has 0 aromatic carbocycles. The van der Waals surface area contributed by atoms with Crippen LogP contribution in [-0.2, 0) is 18.9 Å².